The van der Waals surface area contributed by atoms with Gasteiger partial charge in [0.25, 0.3) is 0 Å². The molecule has 0 aliphatic rings. The fraction of sp³-hybridized carbons (Fsp3) is 0.188. The van der Waals surface area contributed by atoms with E-state index in [-0.39, 0.29) is 8.66 Å². The van der Waals surface area contributed by atoms with Crippen molar-refractivity contribution in [2.45, 2.75) is 28.5 Å². The molecule has 0 aliphatic carbocycles. The highest BCUT2D eigenvalue weighted by atomic mass is 127. The van der Waals surface area contributed by atoms with Crippen LogP contribution in [0.1, 0.15) is 16.7 Å². The van der Waals surface area contributed by atoms with Crippen LogP contribution in [-0.4, -0.2) is 12.2 Å². The molecule has 6 heteroatoms. The van der Waals surface area contributed by atoms with Gasteiger partial charge in [0.2, 0.25) is 0 Å². The Labute approximate surface area is 148 Å². The Morgan fingerprint density at radius 3 is 2.50 bits per heavy atom. The molecule has 2 aromatic carbocycles. The minimum absolute atomic E-state index is 0.0139. The number of hydrogen-bond acceptors (Lipinski definition) is 4. The van der Waals surface area contributed by atoms with E-state index in [1.165, 1.54) is 17.8 Å². The van der Waals surface area contributed by atoms with Gasteiger partial charge in [0.1, 0.15) is 3.76 Å². The molecule has 0 heterocycles. The summed E-state index contributed by atoms with van der Waals surface area (Å²) >= 11 is 3.26. The Bertz CT molecular complexity index is 855. The maximum atomic E-state index is 12.3. The molecule has 0 unspecified atom stereocenters. The lowest BCUT2D eigenvalue weighted by Gasteiger charge is -2.11. The number of hydrogen-bond donors (Lipinski definition) is 0. The highest BCUT2D eigenvalue weighted by Crippen LogP contribution is 2.36. The zero-order valence-electron chi connectivity index (χ0n) is 12.1. The largest absolute Gasteiger partial charge is 0.223 e. The first-order chi connectivity index (χ1) is 10.4. The highest BCUT2D eigenvalue weighted by molar-refractivity contribution is 14.1. The SMILES string of the molecule is Cc1ccc(C)c(Sc2ccc(C#N)cc2S(=O)(=O)CI)c1. The predicted molar refractivity (Wildman–Crippen MR) is 97.3 cm³/mol. The molecule has 0 aliphatic heterocycles. The number of alkyl halides is 1. The van der Waals surface area contributed by atoms with Crippen molar-refractivity contribution in [3.63, 3.8) is 0 Å². The molecule has 3 nitrogen and oxygen atoms in total. The normalized spacial score (nSPS) is 11.2. The molecule has 0 radical (unpaired) electrons. The van der Waals surface area contributed by atoms with E-state index < -0.39 is 9.84 Å². The molecular formula is C16H14INO2S2. The van der Waals surface area contributed by atoms with Gasteiger partial charge in [0, 0.05) is 9.79 Å². The zero-order chi connectivity index (χ0) is 16.3. The summed E-state index contributed by atoms with van der Waals surface area (Å²) in [6, 6.07) is 12.9. The van der Waals surface area contributed by atoms with Crippen LogP contribution in [0.3, 0.4) is 0 Å². The smallest absolute Gasteiger partial charge is 0.188 e. The number of nitriles is 1. The quantitative estimate of drug-likeness (QED) is 0.516. The zero-order valence-corrected chi connectivity index (χ0v) is 15.9. The molecular weight excluding hydrogens is 429 g/mol. The van der Waals surface area contributed by atoms with E-state index in [2.05, 4.69) is 0 Å². The van der Waals surface area contributed by atoms with Crippen LogP contribution in [0.4, 0.5) is 0 Å². The van der Waals surface area contributed by atoms with Crippen molar-refractivity contribution in [3.05, 3.63) is 53.1 Å². The average molecular weight is 443 g/mol. The molecule has 0 N–H and O–H groups in total. The van der Waals surface area contributed by atoms with Gasteiger partial charge >= 0.3 is 0 Å². The third kappa shape index (κ3) is 3.83. The summed E-state index contributed by atoms with van der Waals surface area (Å²) in [7, 11) is -3.39. The van der Waals surface area contributed by atoms with Crippen LogP contribution in [0.2, 0.25) is 0 Å². The van der Waals surface area contributed by atoms with Gasteiger partial charge in [-0.2, -0.15) is 5.26 Å². The lowest BCUT2D eigenvalue weighted by molar-refractivity contribution is 0.599. The van der Waals surface area contributed by atoms with E-state index in [1.807, 2.05) is 60.7 Å². The van der Waals surface area contributed by atoms with Crippen LogP contribution < -0.4 is 0 Å². The fourth-order valence-electron chi connectivity index (χ4n) is 1.90. The first kappa shape index (κ1) is 17.3. The molecule has 0 fully saturated rings. The van der Waals surface area contributed by atoms with E-state index in [9.17, 15) is 8.42 Å². The van der Waals surface area contributed by atoms with Gasteiger partial charge in [-0.05, 0) is 49.2 Å². The van der Waals surface area contributed by atoms with E-state index in [0.29, 0.717) is 10.5 Å². The first-order valence-corrected chi connectivity index (χ1v) is 10.4. The van der Waals surface area contributed by atoms with Crippen LogP contribution in [0, 0.1) is 25.2 Å². The molecule has 2 rings (SSSR count). The van der Waals surface area contributed by atoms with E-state index in [1.54, 1.807) is 12.1 Å². The number of rotatable bonds is 4. The molecule has 114 valence electrons. The van der Waals surface area contributed by atoms with Gasteiger partial charge in [0.15, 0.2) is 9.84 Å². The van der Waals surface area contributed by atoms with Crippen LogP contribution in [0.25, 0.3) is 0 Å². The van der Waals surface area contributed by atoms with Gasteiger partial charge in [0.05, 0.1) is 16.5 Å². The maximum Gasteiger partial charge on any atom is 0.188 e. The summed E-state index contributed by atoms with van der Waals surface area (Å²) in [5.41, 5.74) is 2.58. The lowest BCUT2D eigenvalue weighted by atomic mass is 10.2. The summed E-state index contributed by atoms with van der Waals surface area (Å²) in [6.45, 7) is 4.00. The van der Waals surface area contributed by atoms with Crippen molar-refractivity contribution in [3.8, 4) is 6.07 Å². The molecule has 0 saturated heterocycles. The number of nitrogens with zero attached hydrogens (tertiary/aromatic N) is 1. The molecule has 0 saturated carbocycles. The van der Waals surface area contributed by atoms with Crippen molar-refractivity contribution in [1.82, 2.24) is 0 Å². The summed E-state index contributed by atoms with van der Waals surface area (Å²) in [5.74, 6) is 0. The fourth-order valence-corrected chi connectivity index (χ4v) is 5.22. The topological polar surface area (TPSA) is 57.9 Å². The van der Waals surface area contributed by atoms with Crippen LogP contribution in [0.5, 0.6) is 0 Å². The third-order valence-corrected chi connectivity index (χ3v) is 8.23. The summed E-state index contributed by atoms with van der Waals surface area (Å²) < 4.78 is 24.6. The van der Waals surface area contributed by atoms with Gasteiger partial charge in [-0.15, -0.1) is 0 Å². The third-order valence-electron chi connectivity index (χ3n) is 3.12. The Kier molecular flexibility index (Phi) is 5.53. The summed E-state index contributed by atoms with van der Waals surface area (Å²) in [5, 5.41) is 9.01. The molecule has 0 amide bonds. The van der Waals surface area contributed by atoms with Gasteiger partial charge in [-0.1, -0.05) is 46.5 Å². The van der Waals surface area contributed by atoms with Crippen LogP contribution in [0.15, 0.2) is 51.1 Å². The molecule has 0 bridgehead atoms. The number of benzene rings is 2. The van der Waals surface area contributed by atoms with Gasteiger partial charge in [-0.3, -0.25) is 0 Å². The van der Waals surface area contributed by atoms with E-state index in [0.717, 1.165) is 16.0 Å². The highest BCUT2D eigenvalue weighted by Gasteiger charge is 2.19. The van der Waals surface area contributed by atoms with Crippen molar-refractivity contribution >= 4 is 44.2 Å². The molecule has 0 atom stereocenters. The lowest BCUT2D eigenvalue weighted by Crippen LogP contribution is -2.04. The molecule has 0 aromatic heterocycles. The van der Waals surface area contributed by atoms with Gasteiger partial charge in [-0.25, -0.2) is 8.42 Å². The number of sulfone groups is 1. The van der Waals surface area contributed by atoms with Gasteiger partial charge < -0.3 is 0 Å². The number of aryl methyl sites for hydroxylation is 2. The molecule has 2 aromatic rings. The van der Waals surface area contributed by atoms with Crippen LogP contribution >= 0.6 is 34.4 Å². The van der Waals surface area contributed by atoms with Crippen molar-refractivity contribution in [2.24, 2.45) is 0 Å². The second kappa shape index (κ2) is 7.02. The second-order valence-electron chi connectivity index (χ2n) is 4.87. The number of halogens is 1. The molecule has 22 heavy (non-hydrogen) atoms. The maximum absolute atomic E-state index is 12.3. The molecule has 0 spiro atoms. The Balaban J connectivity index is 2.56. The summed E-state index contributed by atoms with van der Waals surface area (Å²) in [6.07, 6.45) is 0. The first-order valence-electron chi connectivity index (χ1n) is 6.45. The van der Waals surface area contributed by atoms with Crippen molar-refractivity contribution in [1.29, 1.82) is 5.26 Å². The minimum atomic E-state index is -3.39. The van der Waals surface area contributed by atoms with Crippen molar-refractivity contribution < 1.29 is 8.42 Å². The average Bonchev–Trinajstić information content (AvgIpc) is 2.51. The van der Waals surface area contributed by atoms with Crippen LogP contribution in [-0.2, 0) is 9.84 Å². The standard InChI is InChI=1S/C16H14INO2S2/c1-11-3-4-12(2)15(7-11)21-14-6-5-13(9-18)8-16(14)22(19,20)10-17/h3-8H,10H2,1-2H3. The Hall–Kier alpha value is -1.04. The minimum Gasteiger partial charge on any atom is -0.223 e. The Morgan fingerprint density at radius 2 is 1.86 bits per heavy atom. The summed E-state index contributed by atoms with van der Waals surface area (Å²) in [4.78, 5) is 1.91. The second-order valence-corrected chi connectivity index (χ2v) is 9.71. The Morgan fingerprint density at radius 1 is 1.14 bits per heavy atom. The van der Waals surface area contributed by atoms with Crippen molar-refractivity contribution in [2.75, 3.05) is 3.76 Å². The predicted octanol–water partition coefficient (Wildman–Crippen LogP) is 4.49. The van der Waals surface area contributed by atoms with E-state index >= 15 is 0 Å². The monoisotopic (exact) mass is 443 g/mol. The van der Waals surface area contributed by atoms with E-state index in [4.69, 9.17) is 5.26 Å².